The number of hydrogen-bond acceptors (Lipinski definition) is 2. The van der Waals surface area contributed by atoms with Gasteiger partial charge in [-0.25, -0.2) is 9.59 Å². The van der Waals surface area contributed by atoms with Crippen LogP contribution in [0.5, 0.6) is 0 Å². The Labute approximate surface area is 125 Å². The molecule has 0 aliphatic carbocycles. The fraction of sp³-hybridized carbons (Fsp3) is 0.500. The van der Waals surface area contributed by atoms with Crippen molar-refractivity contribution in [3.8, 4) is 0 Å². The van der Waals surface area contributed by atoms with Gasteiger partial charge >= 0.3 is 12.0 Å². The lowest BCUT2D eigenvalue weighted by atomic mass is 10.00. The topological polar surface area (TPSA) is 60.9 Å². The smallest absolute Gasteiger partial charge is 0.329 e. The minimum atomic E-state index is -1.10. The average Bonchev–Trinajstić information content (AvgIpc) is 2.89. The number of carboxylic acid groups (broad SMARTS) is 1. The Balaban J connectivity index is 2.20. The van der Waals surface area contributed by atoms with E-state index in [2.05, 4.69) is 6.92 Å². The molecule has 0 saturated carbocycles. The van der Waals surface area contributed by atoms with Crippen molar-refractivity contribution in [2.24, 2.45) is 0 Å². The highest BCUT2D eigenvalue weighted by Crippen LogP contribution is 2.31. The first-order chi connectivity index (χ1) is 9.90. The van der Waals surface area contributed by atoms with Crippen molar-refractivity contribution in [3.63, 3.8) is 0 Å². The van der Waals surface area contributed by atoms with Gasteiger partial charge in [0.1, 0.15) is 5.54 Å². The standard InChI is InChI=1S/C16H22N2O3/c1-4-12-6-8-13(9-7-12)17(3)15(21)18-11-5-10-16(18,2)14(19)20/h6-9H,4-5,10-11H2,1-3H3,(H,19,20). The fourth-order valence-corrected chi connectivity index (χ4v) is 2.74. The zero-order valence-corrected chi connectivity index (χ0v) is 12.8. The molecule has 5 nitrogen and oxygen atoms in total. The number of amides is 2. The summed E-state index contributed by atoms with van der Waals surface area (Å²) in [6, 6.07) is 7.50. The zero-order chi connectivity index (χ0) is 15.6. The zero-order valence-electron chi connectivity index (χ0n) is 12.8. The van der Waals surface area contributed by atoms with Crippen LogP contribution < -0.4 is 4.90 Å². The molecule has 1 aliphatic rings. The Morgan fingerprint density at radius 2 is 1.95 bits per heavy atom. The number of carboxylic acids is 1. The molecule has 1 aliphatic heterocycles. The first-order valence-electron chi connectivity index (χ1n) is 7.28. The monoisotopic (exact) mass is 290 g/mol. The Kier molecular flexibility index (Phi) is 4.21. The van der Waals surface area contributed by atoms with Crippen LogP contribution in [0.2, 0.25) is 0 Å². The number of carbonyl (C=O) groups is 2. The minimum absolute atomic E-state index is 0.262. The maximum Gasteiger partial charge on any atom is 0.329 e. The van der Waals surface area contributed by atoms with E-state index in [4.69, 9.17) is 0 Å². The van der Waals surface area contributed by atoms with Gasteiger partial charge < -0.3 is 10.0 Å². The number of nitrogens with zero attached hydrogens (tertiary/aromatic N) is 2. The van der Waals surface area contributed by atoms with Gasteiger partial charge in [-0.2, -0.15) is 0 Å². The molecule has 2 rings (SSSR count). The van der Waals surface area contributed by atoms with Crippen molar-refractivity contribution in [3.05, 3.63) is 29.8 Å². The van der Waals surface area contributed by atoms with Gasteiger partial charge in [-0.1, -0.05) is 19.1 Å². The van der Waals surface area contributed by atoms with Gasteiger partial charge in [0.25, 0.3) is 0 Å². The van der Waals surface area contributed by atoms with Crippen LogP contribution in [-0.2, 0) is 11.2 Å². The SMILES string of the molecule is CCc1ccc(N(C)C(=O)N2CCCC2(C)C(=O)O)cc1. The summed E-state index contributed by atoms with van der Waals surface area (Å²) in [5.74, 6) is -0.942. The van der Waals surface area contributed by atoms with Gasteiger partial charge in [0.2, 0.25) is 0 Å². The molecule has 5 heteroatoms. The van der Waals surface area contributed by atoms with Crippen molar-refractivity contribution in [1.29, 1.82) is 0 Å². The van der Waals surface area contributed by atoms with E-state index in [0.717, 1.165) is 18.5 Å². The second-order valence-corrected chi connectivity index (χ2v) is 5.70. The van der Waals surface area contributed by atoms with Crippen LogP contribution in [0.4, 0.5) is 10.5 Å². The summed E-state index contributed by atoms with van der Waals surface area (Å²) in [7, 11) is 1.68. The highest BCUT2D eigenvalue weighted by Gasteiger charge is 2.46. The number of anilines is 1. The predicted molar refractivity (Wildman–Crippen MR) is 81.6 cm³/mol. The lowest BCUT2D eigenvalue weighted by molar-refractivity contribution is -0.147. The number of rotatable bonds is 3. The quantitative estimate of drug-likeness (QED) is 0.931. The molecule has 1 unspecified atom stereocenters. The van der Waals surface area contributed by atoms with E-state index >= 15 is 0 Å². The van der Waals surface area contributed by atoms with E-state index in [-0.39, 0.29) is 6.03 Å². The van der Waals surface area contributed by atoms with Crippen LogP contribution in [0.1, 0.15) is 32.3 Å². The molecule has 21 heavy (non-hydrogen) atoms. The lowest BCUT2D eigenvalue weighted by Gasteiger charge is -2.34. The highest BCUT2D eigenvalue weighted by atomic mass is 16.4. The molecule has 1 aromatic carbocycles. The van der Waals surface area contributed by atoms with Crippen LogP contribution in [0.25, 0.3) is 0 Å². The largest absolute Gasteiger partial charge is 0.480 e. The predicted octanol–water partition coefficient (Wildman–Crippen LogP) is 2.74. The molecule has 0 bridgehead atoms. The lowest BCUT2D eigenvalue weighted by Crippen LogP contribution is -2.54. The van der Waals surface area contributed by atoms with Gasteiger partial charge in [-0.3, -0.25) is 4.90 Å². The third kappa shape index (κ3) is 2.73. The molecule has 0 aromatic heterocycles. The van der Waals surface area contributed by atoms with E-state index in [0.29, 0.717) is 13.0 Å². The number of carbonyl (C=O) groups excluding carboxylic acids is 1. The van der Waals surface area contributed by atoms with Gasteiger partial charge in [-0.05, 0) is 43.9 Å². The second kappa shape index (κ2) is 5.76. The Bertz CT molecular complexity index is 541. The molecule has 114 valence electrons. The summed E-state index contributed by atoms with van der Waals surface area (Å²) >= 11 is 0. The number of likely N-dealkylation sites (tertiary alicyclic amines) is 1. The van der Waals surface area contributed by atoms with Crippen molar-refractivity contribution in [2.45, 2.75) is 38.6 Å². The minimum Gasteiger partial charge on any atom is -0.480 e. The molecule has 0 spiro atoms. The van der Waals surface area contributed by atoms with Gasteiger partial charge in [0.15, 0.2) is 0 Å². The van der Waals surface area contributed by atoms with E-state index in [1.165, 1.54) is 15.4 Å². The number of benzene rings is 1. The first-order valence-corrected chi connectivity index (χ1v) is 7.28. The van der Waals surface area contributed by atoms with Crippen molar-refractivity contribution in [2.75, 3.05) is 18.5 Å². The molecule has 1 fully saturated rings. The summed E-state index contributed by atoms with van der Waals surface area (Å²) in [6.07, 6.45) is 2.16. The molecule has 0 radical (unpaired) electrons. The summed E-state index contributed by atoms with van der Waals surface area (Å²) in [5.41, 5.74) is 0.877. The van der Waals surface area contributed by atoms with Gasteiger partial charge in [0.05, 0.1) is 0 Å². The van der Waals surface area contributed by atoms with Crippen molar-refractivity contribution < 1.29 is 14.7 Å². The summed E-state index contributed by atoms with van der Waals surface area (Å²) in [4.78, 5) is 27.1. The van der Waals surface area contributed by atoms with E-state index in [9.17, 15) is 14.7 Å². The molecule has 1 heterocycles. The molecule has 2 amide bonds. The summed E-state index contributed by atoms with van der Waals surface area (Å²) < 4.78 is 0. The normalized spacial score (nSPS) is 21.4. The maximum atomic E-state index is 12.6. The average molecular weight is 290 g/mol. The van der Waals surface area contributed by atoms with Crippen molar-refractivity contribution >= 4 is 17.7 Å². The van der Waals surface area contributed by atoms with E-state index in [1.54, 1.807) is 14.0 Å². The van der Waals surface area contributed by atoms with Crippen LogP contribution >= 0.6 is 0 Å². The molecule has 1 aromatic rings. The molecule has 1 saturated heterocycles. The third-order valence-corrected chi connectivity index (χ3v) is 4.35. The van der Waals surface area contributed by atoms with Crippen molar-refractivity contribution in [1.82, 2.24) is 4.90 Å². The van der Waals surface area contributed by atoms with Crippen LogP contribution in [-0.4, -0.2) is 41.1 Å². The Morgan fingerprint density at radius 1 is 1.33 bits per heavy atom. The summed E-state index contributed by atoms with van der Waals surface area (Å²) in [6.45, 7) is 4.18. The van der Waals surface area contributed by atoms with Gasteiger partial charge in [-0.15, -0.1) is 0 Å². The summed E-state index contributed by atoms with van der Waals surface area (Å²) in [5, 5.41) is 9.40. The number of aryl methyl sites for hydroxylation is 1. The van der Waals surface area contributed by atoms with Crippen LogP contribution in [0, 0.1) is 0 Å². The van der Waals surface area contributed by atoms with Gasteiger partial charge in [0, 0.05) is 19.3 Å². The fourth-order valence-electron chi connectivity index (χ4n) is 2.74. The highest BCUT2D eigenvalue weighted by molar-refractivity contribution is 5.95. The number of aliphatic carboxylic acids is 1. The van der Waals surface area contributed by atoms with E-state index < -0.39 is 11.5 Å². The van der Waals surface area contributed by atoms with Crippen LogP contribution in [0.3, 0.4) is 0 Å². The van der Waals surface area contributed by atoms with Crippen LogP contribution in [0.15, 0.2) is 24.3 Å². The molecular weight excluding hydrogens is 268 g/mol. The first kappa shape index (κ1) is 15.4. The van der Waals surface area contributed by atoms with E-state index in [1.807, 2.05) is 24.3 Å². The number of urea groups is 1. The maximum absolute atomic E-state index is 12.6. The Morgan fingerprint density at radius 3 is 2.48 bits per heavy atom. The number of hydrogen-bond donors (Lipinski definition) is 1. The molecule has 1 atom stereocenters. The second-order valence-electron chi connectivity index (χ2n) is 5.70. The molecular formula is C16H22N2O3. The molecule has 1 N–H and O–H groups in total. The third-order valence-electron chi connectivity index (χ3n) is 4.35. The Hall–Kier alpha value is -2.04.